The maximum Gasteiger partial charge on any atom is 0.335 e. The number of aryl methyl sites for hydroxylation is 1. The molecular weight excluding hydrogens is 364 g/mol. The van der Waals surface area contributed by atoms with Crippen molar-refractivity contribution in [2.24, 2.45) is 5.41 Å². The number of benzene rings is 2. The van der Waals surface area contributed by atoms with Crippen LogP contribution in [-0.2, 0) is 5.41 Å². The molecule has 0 aliphatic rings. The summed E-state index contributed by atoms with van der Waals surface area (Å²) in [7, 11) is 0. The molecule has 2 rings (SSSR count). The van der Waals surface area contributed by atoms with E-state index in [4.69, 9.17) is 4.74 Å². The summed E-state index contributed by atoms with van der Waals surface area (Å²) in [6, 6.07) is 13.4. The lowest BCUT2D eigenvalue weighted by Gasteiger charge is -2.34. The number of carboxylic acids is 1. The van der Waals surface area contributed by atoms with E-state index in [1.807, 2.05) is 45.9 Å². The molecule has 0 bridgehead atoms. The van der Waals surface area contributed by atoms with Crippen LogP contribution < -0.4 is 4.74 Å². The second kappa shape index (κ2) is 9.00. The summed E-state index contributed by atoms with van der Waals surface area (Å²) in [6.45, 7) is 12.6. The van der Waals surface area contributed by atoms with Crippen LogP contribution in [0.1, 0.15) is 74.5 Å². The Morgan fingerprint density at radius 1 is 1.00 bits per heavy atom. The van der Waals surface area contributed by atoms with Gasteiger partial charge in [-0.05, 0) is 60.1 Å². The number of ether oxygens (including phenoxy) is 1. The number of carboxylic acid groups (broad SMARTS) is 1. The number of aliphatic hydroxyl groups is 1. The van der Waals surface area contributed by atoms with Crippen LogP contribution in [-0.4, -0.2) is 28.9 Å². The predicted octanol–water partition coefficient (Wildman–Crippen LogP) is 5.59. The number of rotatable bonds is 8. The number of carbonyl (C=O) groups is 1. The molecule has 1 atom stereocenters. The first-order chi connectivity index (χ1) is 13.5. The molecule has 2 aromatic rings. The van der Waals surface area contributed by atoms with Crippen LogP contribution in [0.3, 0.4) is 0 Å². The Kier molecular flexibility index (Phi) is 7.12. The molecule has 158 valence electrons. The topological polar surface area (TPSA) is 66.8 Å². The molecule has 0 aliphatic carbocycles. The SMILES string of the molecule is CCC(CC)(c1ccc(C(=O)O)cc1)c1ccc(OC[C@@H](O)C(C)(C)C)c(C)c1. The molecule has 0 aliphatic heterocycles. The zero-order chi connectivity index (χ0) is 21.8. The molecule has 0 unspecified atom stereocenters. The molecule has 4 nitrogen and oxygen atoms in total. The van der Waals surface area contributed by atoms with Crippen molar-refractivity contribution in [1.29, 1.82) is 0 Å². The number of hydrogen-bond acceptors (Lipinski definition) is 3. The van der Waals surface area contributed by atoms with E-state index in [-0.39, 0.29) is 17.4 Å². The number of hydrogen-bond donors (Lipinski definition) is 2. The molecule has 2 aromatic carbocycles. The van der Waals surface area contributed by atoms with Gasteiger partial charge in [0.05, 0.1) is 11.7 Å². The standard InChI is InChI=1S/C25H34O4/c1-7-25(8-2,19-11-9-18(10-12-19)23(27)28)20-13-14-21(17(3)15-20)29-16-22(26)24(4,5)6/h9-15,22,26H,7-8,16H2,1-6H3,(H,27,28)/t22-/m1/s1. The summed E-state index contributed by atoms with van der Waals surface area (Å²) in [4.78, 5) is 11.2. The Balaban J connectivity index is 2.34. The zero-order valence-corrected chi connectivity index (χ0v) is 18.5. The van der Waals surface area contributed by atoms with Gasteiger partial charge >= 0.3 is 5.97 Å². The fourth-order valence-corrected chi connectivity index (χ4v) is 3.69. The van der Waals surface area contributed by atoms with Crippen molar-refractivity contribution in [3.63, 3.8) is 0 Å². The first-order valence-corrected chi connectivity index (χ1v) is 10.3. The predicted molar refractivity (Wildman–Crippen MR) is 117 cm³/mol. The third-order valence-electron chi connectivity index (χ3n) is 6.02. The second-order valence-corrected chi connectivity index (χ2v) is 8.84. The van der Waals surface area contributed by atoms with Crippen molar-refractivity contribution in [1.82, 2.24) is 0 Å². The van der Waals surface area contributed by atoms with Crippen LogP contribution in [0, 0.1) is 12.3 Å². The van der Waals surface area contributed by atoms with Crippen LogP contribution in [0.5, 0.6) is 5.75 Å². The zero-order valence-electron chi connectivity index (χ0n) is 18.5. The summed E-state index contributed by atoms with van der Waals surface area (Å²) in [5, 5.41) is 19.4. The monoisotopic (exact) mass is 398 g/mol. The highest BCUT2D eigenvalue weighted by Crippen LogP contribution is 2.40. The molecular formula is C25H34O4. The van der Waals surface area contributed by atoms with Gasteiger partial charge in [0.25, 0.3) is 0 Å². The van der Waals surface area contributed by atoms with Crippen LogP contribution in [0.4, 0.5) is 0 Å². The Morgan fingerprint density at radius 2 is 1.55 bits per heavy atom. The lowest BCUT2D eigenvalue weighted by Crippen LogP contribution is -2.32. The van der Waals surface area contributed by atoms with E-state index < -0.39 is 12.1 Å². The minimum Gasteiger partial charge on any atom is -0.491 e. The van der Waals surface area contributed by atoms with Gasteiger partial charge in [-0.3, -0.25) is 0 Å². The highest BCUT2D eigenvalue weighted by molar-refractivity contribution is 5.87. The fraction of sp³-hybridized carbons (Fsp3) is 0.480. The molecule has 0 amide bonds. The van der Waals surface area contributed by atoms with Crippen LogP contribution in [0.2, 0.25) is 0 Å². The lowest BCUT2D eigenvalue weighted by molar-refractivity contribution is 0.0216. The molecule has 0 aromatic heterocycles. The van der Waals surface area contributed by atoms with Crippen molar-refractivity contribution in [2.75, 3.05) is 6.61 Å². The fourth-order valence-electron chi connectivity index (χ4n) is 3.69. The summed E-state index contributed by atoms with van der Waals surface area (Å²) < 4.78 is 5.89. The van der Waals surface area contributed by atoms with Crippen LogP contribution in [0.15, 0.2) is 42.5 Å². The Hall–Kier alpha value is -2.33. The molecule has 0 saturated heterocycles. The summed E-state index contributed by atoms with van der Waals surface area (Å²) in [6.07, 6.45) is 1.26. The van der Waals surface area contributed by atoms with Crippen LogP contribution in [0.25, 0.3) is 0 Å². The Bertz CT molecular complexity index is 827. The lowest BCUT2D eigenvalue weighted by atomic mass is 9.70. The van der Waals surface area contributed by atoms with E-state index in [0.717, 1.165) is 29.7 Å². The number of aliphatic hydroxyl groups excluding tert-OH is 1. The average Bonchev–Trinajstić information content (AvgIpc) is 2.68. The highest BCUT2D eigenvalue weighted by atomic mass is 16.5. The molecule has 0 heterocycles. The molecule has 29 heavy (non-hydrogen) atoms. The van der Waals surface area contributed by atoms with E-state index in [1.165, 1.54) is 5.56 Å². The van der Waals surface area contributed by atoms with Gasteiger partial charge in [-0.15, -0.1) is 0 Å². The number of aromatic carboxylic acids is 1. The average molecular weight is 399 g/mol. The van der Waals surface area contributed by atoms with E-state index in [1.54, 1.807) is 12.1 Å². The van der Waals surface area contributed by atoms with Gasteiger partial charge in [-0.1, -0.05) is 58.9 Å². The summed E-state index contributed by atoms with van der Waals surface area (Å²) in [5.41, 5.74) is 3.21. The van der Waals surface area contributed by atoms with Gasteiger partial charge in [0.15, 0.2) is 0 Å². The van der Waals surface area contributed by atoms with Crippen molar-refractivity contribution in [2.45, 2.75) is 65.9 Å². The first kappa shape index (κ1) is 23.0. The van der Waals surface area contributed by atoms with Gasteiger partial charge in [0.1, 0.15) is 12.4 Å². The Morgan fingerprint density at radius 3 is 2.00 bits per heavy atom. The van der Waals surface area contributed by atoms with Gasteiger partial charge in [0.2, 0.25) is 0 Å². The maximum absolute atomic E-state index is 11.2. The third kappa shape index (κ3) is 4.99. The van der Waals surface area contributed by atoms with Crippen molar-refractivity contribution in [3.8, 4) is 5.75 Å². The van der Waals surface area contributed by atoms with Crippen molar-refractivity contribution < 1.29 is 19.7 Å². The highest BCUT2D eigenvalue weighted by Gasteiger charge is 2.31. The van der Waals surface area contributed by atoms with E-state index in [2.05, 4.69) is 26.0 Å². The quantitative estimate of drug-likeness (QED) is 0.609. The third-order valence-corrected chi connectivity index (χ3v) is 6.02. The van der Waals surface area contributed by atoms with Crippen LogP contribution >= 0.6 is 0 Å². The van der Waals surface area contributed by atoms with Gasteiger partial charge in [-0.2, -0.15) is 0 Å². The molecule has 4 heteroatoms. The molecule has 0 radical (unpaired) electrons. The summed E-state index contributed by atoms with van der Waals surface area (Å²) >= 11 is 0. The van der Waals surface area contributed by atoms with Crippen molar-refractivity contribution >= 4 is 5.97 Å². The molecule has 0 fully saturated rings. The second-order valence-electron chi connectivity index (χ2n) is 8.84. The first-order valence-electron chi connectivity index (χ1n) is 10.3. The molecule has 0 spiro atoms. The summed E-state index contributed by atoms with van der Waals surface area (Å²) in [5.74, 6) is -0.135. The van der Waals surface area contributed by atoms with Gasteiger partial charge in [0, 0.05) is 5.41 Å². The molecule has 2 N–H and O–H groups in total. The van der Waals surface area contributed by atoms with E-state index in [9.17, 15) is 15.0 Å². The molecule has 0 saturated carbocycles. The normalized spacial score (nSPS) is 13.2. The minimum atomic E-state index is -0.912. The van der Waals surface area contributed by atoms with E-state index in [0.29, 0.717) is 5.56 Å². The minimum absolute atomic E-state index is 0.189. The van der Waals surface area contributed by atoms with Gasteiger partial charge in [-0.25, -0.2) is 4.79 Å². The van der Waals surface area contributed by atoms with E-state index >= 15 is 0 Å². The van der Waals surface area contributed by atoms with Gasteiger partial charge < -0.3 is 14.9 Å². The smallest absolute Gasteiger partial charge is 0.335 e. The Labute approximate surface area is 174 Å². The van der Waals surface area contributed by atoms with Crippen molar-refractivity contribution in [3.05, 3.63) is 64.7 Å². The largest absolute Gasteiger partial charge is 0.491 e. The maximum atomic E-state index is 11.2.